The molecule has 0 radical (unpaired) electrons. The van der Waals surface area contributed by atoms with Crippen LogP contribution in [0, 0.1) is 0 Å². The minimum absolute atomic E-state index is 0.204. The molecule has 0 saturated heterocycles. The molecule has 2 N–H and O–H groups in total. The van der Waals surface area contributed by atoms with Crippen LogP contribution in [0.25, 0.3) is 0 Å². The molecule has 2 rings (SSSR count). The predicted octanol–water partition coefficient (Wildman–Crippen LogP) is 2.06. The fraction of sp³-hybridized carbons (Fsp3) is 0.462. The first kappa shape index (κ1) is 14.5. The van der Waals surface area contributed by atoms with E-state index in [1.54, 1.807) is 12.1 Å². The Kier molecular flexibility index (Phi) is 4.36. The lowest BCUT2D eigenvalue weighted by molar-refractivity contribution is -0.274. The van der Waals surface area contributed by atoms with Crippen LogP contribution in [0.5, 0.6) is 5.75 Å². The summed E-state index contributed by atoms with van der Waals surface area (Å²) in [6.07, 6.45) is -3.95. The summed E-state index contributed by atoms with van der Waals surface area (Å²) in [6.45, 7) is 3.46. The number of nitrogens with one attached hydrogen (secondary N) is 2. The van der Waals surface area contributed by atoms with Crippen molar-refractivity contribution in [3.05, 3.63) is 29.8 Å². The highest BCUT2D eigenvalue weighted by atomic mass is 19.4. The lowest BCUT2D eigenvalue weighted by Crippen LogP contribution is -2.38. The summed E-state index contributed by atoms with van der Waals surface area (Å²) in [7, 11) is 0. The zero-order valence-corrected chi connectivity index (χ0v) is 11.0. The van der Waals surface area contributed by atoms with Crippen LogP contribution in [0.15, 0.2) is 29.3 Å². The number of halogens is 3. The van der Waals surface area contributed by atoms with E-state index in [1.165, 1.54) is 12.1 Å². The van der Waals surface area contributed by atoms with Crippen molar-refractivity contribution in [1.29, 1.82) is 0 Å². The molecule has 0 fully saturated rings. The van der Waals surface area contributed by atoms with Gasteiger partial charge in [-0.05, 0) is 31.0 Å². The summed E-state index contributed by atoms with van der Waals surface area (Å²) >= 11 is 0. The van der Waals surface area contributed by atoms with Crippen molar-refractivity contribution >= 4 is 5.96 Å². The monoisotopic (exact) mass is 287 g/mol. The molecule has 0 saturated carbocycles. The van der Waals surface area contributed by atoms with Crippen LogP contribution in [-0.2, 0) is 6.42 Å². The first-order valence-electron chi connectivity index (χ1n) is 6.32. The van der Waals surface area contributed by atoms with Gasteiger partial charge in [0.15, 0.2) is 5.96 Å². The molecule has 1 aromatic rings. The van der Waals surface area contributed by atoms with Gasteiger partial charge < -0.3 is 15.4 Å². The Bertz CT molecular complexity index is 471. The van der Waals surface area contributed by atoms with Gasteiger partial charge in [0.1, 0.15) is 5.75 Å². The molecule has 1 aromatic carbocycles. The molecule has 0 amide bonds. The topological polar surface area (TPSA) is 45.7 Å². The van der Waals surface area contributed by atoms with Crippen molar-refractivity contribution in [3.8, 4) is 5.75 Å². The van der Waals surface area contributed by atoms with Crippen LogP contribution >= 0.6 is 0 Å². The van der Waals surface area contributed by atoms with Gasteiger partial charge in [0.25, 0.3) is 0 Å². The standard InChI is InChI=1S/C13H16F3N3O/c1-9-8-18-12(19-9)17-7-6-10-2-4-11(5-3-10)20-13(14,15)16/h2-5,9H,6-8H2,1H3,(H2,17,18,19). The van der Waals surface area contributed by atoms with Crippen molar-refractivity contribution in [3.63, 3.8) is 0 Å². The summed E-state index contributed by atoms with van der Waals surface area (Å²) in [6, 6.07) is 6.22. The molecule has 110 valence electrons. The lowest BCUT2D eigenvalue weighted by atomic mass is 10.1. The Morgan fingerprint density at radius 2 is 2.05 bits per heavy atom. The number of hydrogen-bond acceptors (Lipinski definition) is 4. The summed E-state index contributed by atoms with van der Waals surface area (Å²) in [5, 5.41) is 6.31. The molecule has 1 unspecified atom stereocenters. The zero-order chi connectivity index (χ0) is 14.6. The van der Waals surface area contributed by atoms with Crippen LogP contribution in [0.1, 0.15) is 12.5 Å². The maximum atomic E-state index is 12.0. The molecule has 0 bridgehead atoms. The minimum atomic E-state index is -4.65. The number of alkyl halides is 3. The SMILES string of the molecule is CC1CN=C(NCCc2ccc(OC(F)(F)F)cc2)N1. The Balaban J connectivity index is 1.76. The molecule has 1 atom stereocenters. The Morgan fingerprint density at radius 1 is 1.35 bits per heavy atom. The van der Waals surface area contributed by atoms with Gasteiger partial charge in [-0.3, -0.25) is 4.99 Å². The number of rotatable bonds is 4. The lowest BCUT2D eigenvalue weighted by Gasteiger charge is -2.10. The molecule has 4 nitrogen and oxygen atoms in total. The van der Waals surface area contributed by atoms with E-state index in [9.17, 15) is 13.2 Å². The molecule has 20 heavy (non-hydrogen) atoms. The number of ether oxygens (including phenoxy) is 1. The third kappa shape index (κ3) is 4.64. The fourth-order valence-electron chi connectivity index (χ4n) is 1.84. The van der Waals surface area contributed by atoms with Crippen LogP contribution in [0.2, 0.25) is 0 Å². The first-order valence-corrected chi connectivity index (χ1v) is 6.32. The van der Waals surface area contributed by atoms with E-state index in [-0.39, 0.29) is 5.75 Å². The molecular formula is C13H16F3N3O. The van der Waals surface area contributed by atoms with Crippen LogP contribution < -0.4 is 15.4 Å². The highest BCUT2D eigenvalue weighted by molar-refractivity contribution is 5.81. The number of aliphatic imine (C=N–C) groups is 1. The third-order valence-corrected chi connectivity index (χ3v) is 2.77. The fourth-order valence-corrected chi connectivity index (χ4v) is 1.84. The zero-order valence-electron chi connectivity index (χ0n) is 11.0. The van der Waals surface area contributed by atoms with E-state index in [1.807, 2.05) is 6.92 Å². The van der Waals surface area contributed by atoms with Crippen LogP contribution in [0.4, 0.5) is 13.2 Å². The number of nitrogens with zero attached hydrogens (tertiary/aromatic N) is 1. The van der Waals surface area contributed by atoms with Crippen molar-refractivity contribution in [2.45, 2.75) is 25.7 Å². The second-order valence-corrected chi connectivity index (χ2v) is 4.60. The minimum Gasteiger partial charge on any atom is -0.406 e. The molecular weight excluding hydrogens is 271 g/mol. The average molecular weight is 287 g/mol. The maximum Gasteiger partial charge on any atom is 0.573 e. The number of benzene rings is 1. The predicted molar refractivity (Wildman–Crippen MR) is 69.7 cm³/mol. The largest absolute Gasteiger partial charge is 0.573 e. The van der Waals surface area contributed by atoms with Gasteiger partial charge in [-0.25, -0.2) is 0 Å². The Labute approximate surface area is 115 Å². The molecule has 7 heteroatoms. The molecule has 1 aliphatic rings. The van der Waals surface area contributed by atoms with E-state index in [0.717, 1.165) is 18.1 Å². The van der Waals surface area contributed by atoms with Gasteiger partial charge in [-0.2, -0.15) is 0 Å². The van der Waals surface area contributed by atoms with Crippen LogP contribution in [0.3, 0.4) is 0 Å². The molecule has 0 aromatic heterocycles. The molecule has 0 aliphatic carbocycles. The molecule has 0 spiro atoms. The first-order chi connectivity index (χ1) is 9.42. The number of hydrogen-bond donors (Lipinski definition) is 2. The van der Waals surface area contributed by atoms with E-state index in [2.05, 4.69) is 20.4 Å². The van der Waals surface area contributed by atoms with Gasteiger partial charge in [-0.1, -0.05) is 12.1 Å². The van der Waals surface area contributed by atoms with E-state index in [0.29, 0.717) is 19.0 Å². The summed E-state index contributed by atoms with van der Waals surface area (Å²) in [5.74, 6) is 0.569. The van der Waals surface area contributed by atoms with Gasteiger partial charge in [0, 0.05) is 12.6 Å². The second kappa shape index (κ2) is 6.02. The van der Waals surface area contributed by atoms with Crippen molar-refractivity contribution < 1.29 is 17.9 Å². The van der Waals surface area contributed by atoms with Crippen LogP contribution in [-0.4, -0.2) is 31.5 Å². The van der Waals surface area contributed by atoms with Crippen molar-refractivity contribution in [2.24, 2.45) is 4.99 Å². The van der Waals surface area contributed by atoms with E-state index in [4.69, 9.17) is 0 Å². The highest BCUT2D eigenvalue weighted by Crippen LogP contribution is 2.22. The van der Waals surface area contributed by atoms with Gasteiger partial charge in [0.2, 0.25) is 0 Å². The number of guanidine groups is 1. The van der Waals surface area contributed by atoms with Gasteiger partial charge in [0.05, 0.1) is 6.54 Å². The summed E-state index contributed by atoms with van der Waals surface area (Å²) < 4.78 is 39.8. The van der Waals surface area contributed by atoms with Crippen molar-refractivity contribution in [2.75, 3.05) is 13.1 Å². The maximum absolute atomic E-state index is 12.0. The average Bonchev–Trinajstić information content (AvgIpc) is 2.75. The smallest absolute Gasteiger partial charge is 0.406 e. The van der Waals surface area contributed by atoms with Gasteiger partial charge in [-0.15, -0.1) is 13.2 Å². The van der Waals surface area contributed by atoms with Crippen molar-refractivity contribution in [1.82, 2.24) is 10.6 Å². The molecule has 1 heterocycles. The van der Waals surface area contributed by atoms with E-state index < -0.39 is 6.36 Å². The summed E-state index contributed by atoms with van der Waals surface area (Å²) in [4.78, 5) is 4.25. The van der Waals surface area contributed by atoms with E-state index >= 15 is 0 Å². The highest BCUT2D eigenvalue weighted by Gasteiger charge is 2.30. The Morgan fingerprint density at radius 3 is 2.60 bits per heavy atom. The quantitative estimate of drug-likeness (QED) is 0.891. The second-order valence-electron chi connectivity index (χ2n) is 4.60. The third-order valence-electron chi connectivity index (χ3n) is 2.77. The van der Waals surface area contributed by atoms with Gasteiger partial charge >= 0.3 is 6.36 Å². The normalized spacial score (nSPS) is 18.4. The molecule has 1 aliphatic heterocycles. The summed E-state index contributed by atoms with van der Waals surface area (Å²) in [5.41, 5.74) is 0.929. The Hall–Kier alpha value is -1.92.